The van der Waals surface area contributed by atoms with Crippen molar-refractivity contribution >= 4 is 5.97 Å². The van der Waals surface area contributed by atoms with Crippen molar-refractivity contribution in [2.75, 3.05) is 20.2 Å². The van der Waals surface area contributed by atoms with Crippen molar-refractivity contribution in [3.05, 3.63) is 35.4 Å². The van der Waals surface area contributed by atoms with Gasteiger partial charge in [0.2, 0.25) is 0 Å². The van der Waals surface area contributed by atoms with E-state index in [2.05, 4.69) is 47.7 Å². The molecule has 1 saturated heterocycles. The van der Waals surface area contributed by atoms with E-state index in [4.69, 9.17) is 0 Å². The van der Waals surface area contributed by atoms with Crippen LogP contribution < -0.4 is 0 Å². The standard InChI is InChI=1S/C18H27NO3/c1-13(2)15-6-4-14(5-7-15)12-19-10-8-16(9-11-19)17(20)18(21)22-3/h4-7,13,16-17,20H,8-12H2,1-3H3. The van der Waals surface area contributed by atoms with Crippen LogP contribution in [0.3, 0.4) is 0 Å². The molecule has 2 rings (SSSR count). The predicted octanol–water partition coefficient (Wildman–Crippen LogP) is 2.56. The highest BCUT2D eigenvalue weighted by molar-refractivity contribution is 5.74. The molecule has 0 spiro atoms. The summed E-state index contributed by atoms with van der Waals surface area (Å²) in [6.07, 6.45) is 0.693. The Labute approximate surface area is 133 Å². The normalized spacial score (nSPS) is 18.4. The van der Waals surface area contributed by atoms with Gasteiger partial charge in [0, 0.05) is 6.54 Å². The van der Waals surface area contributed by atoms with Crippen molar-refractivity contribution in [3.63, 3.8) is 0 Å². The fraction of sp³-hybridized carbons (Fsp3) is 0.611. The second-order valence-corrected chi connectivity index (χ2v) is 6.48. The van der Waals surface area contributed by atoms with Crippen LogP contribution in [0.5, 0.6) is 0 Å². The fourth-order valence-electron chi connectivity index (χ4n) is 3.01. The van der Waals surface area contributed by atoms with Gasteiger partial charge < -0.3 is 9.84 Å². The predicted molar refractivity (Wildman–Crippen MR) is 86.6 cm³/mol. The summed E-state index contributed by atoms with van der Waals surface area (Å²) in [5, 5.41) is 9.91. The topological polar surface area (TPSA) is 49.8 Å². The van der Waals surface area contributed by atoms with Crippen molar-refractivity contribution < 1.29 is 14.6 Å². The van der Waals surface area contributed by atoms with Crippen LogP contribution in [0.4, 0.5) is 0 Å². The van der Waals surface area contributed by atoms with Gasteiger partial charge in [-0.2, -0.15) is 0 Å². The SMILES string of the molecule is COC(=O)C(O)C1CCN(Cc2ccc(C(C)C)cc2)CC1. The molecule has 0 amide bonds. The molecular formula is C18H27NO3. The number of carbonyl (C=O) groups excluding carboxylic acids is 1. The maximum absolute atomic E-state index is 11.4. The van der Waals surface area contributed by atoms with E-state index in [0.29, 0.717) is 5.92 Å². The third-order valence-corrected chi connectivity index (χ3v) is 4.57. The summed E-state index contributed by atoms with van der Waals surface area (Å²) in [5.74, 6) is 0.0688. The van der Waals surface area contributed by atoms with Crippen molar-refractivity contribution in [1.29, 1.82) is 0 Å². The molecule has 4 nitrogen and oxygen atoms in total. The minimum absolute atomic E-state index is 0.0204. The molecule has 1 N–H and O–H groups in total. The third kappa shape index (κ3) is 4.31. The van der Waals surface area contributed by atoms with Gasteiger partial charge in [-0.3, -0.25) is 4.90 Å². The summed E-state index contributed by atoms with van der Waals surface area (Å²) in [5.41, 5.74) is 2.68. The highest BCUT2D eigenvalue weighted by atomic mass is 16.5. The van der Waals surface area contributed by atoms with Gasteiger partial charge in [0.15, 0.2) is 6.10 Å². The van der Waals surface area contributed by atoms with E-state index in [0.717, 1.165) is 32.5 Å². The smallest absolute Gasteiger partial charge is 0.334 e. The number of piperidine rings is 1. The Morgan fingerprint density at radius 2 is 1.86 bits per heavy atom. The number of rotatable bonds is 5. The molecule has 1 aromatic rings. The average molecular weight is 305 g/mol. The monoisotopic (exact) mass is 305 g/mol. The first-order chi connectivity index (χ1) is 10.5. The van der Waals surface area contributed by atoms with Gasteiger partial charge >= 0.3 is 5.97 Å². The number of ether oxygens (including phenoxy) is 1. The van der Waals surface area contributed by atoms with E-state index >= 15 is 0 Å². The summed E-state index contributed by atoms with van der Waals surface area (Å²) in [6.45, 7) is 7.15. The van der Waals surface area contributed by atoms with E-state index in [9.17, 15) is 9.90 Å². The summed E-state index contributed by atoms with van der Waals surface area (Å²) < 4.78 is 4.62. The zero-order chi connectivity index (χ0) is 16.1. The number of benzene rings is 1. The molecule has 1 aromatic carbocycles. The maximum Gasteiger partial charge on any atom is 0.334 e. The number of aliphatic hydroxyl groups is 1. The molecule has 1 aliphatic heterocycles. The lowest BCUT2D eigenvalue weighted by Crippen LogP contribution is -2.40. The molecule has 0 bridgehead atoms. The van der Waals surface area contributed by atoms with Gasteiger partial charge in [0.05, 0.1) is 7.11 Å². The third-order valence-electron chi connectivity index (χ3n) is 4.57. The number of aliphatic hydroxyl groups excluding tert-OH is 1. The molecule has 122 valence electrons. The Balaban J connectivity index is 1.83. The molecule has 1 heterocycles. The first-order valence-corrected chi connectivity index (χ1v) is 8.08. The number of carbonyl (C=O) groups is 1. The number of hydrogen-bond donors (Lipinski definition) is 1. The Bertz CT molecular complexity index is 476. The van der Waals surface area contributed by atoms with E-state index in [1.807, 2.05) is 0 Å². The molecule has 1 fully saturated rings. The zero-order valence-corrected chi connectivity index (χ0v) is 13.8. The summed E-state index contributed by atoms with van der Waals surface area (Å²) in [4.78, 5) is 13.8. The van der Waals surface area contributed by atoms with Crippen LogP contribution in [0.1, 0.15) is 43.7 Å². The summed E-state index contributed by atoms with van der Waals surface area (Å²) in [7, 11) is 1.32. The van der Waals surface area contributed by atoms with Crippen LogP contribution in [0.2, 0.25) is 0 Å². The van der Waals surface area contributed by atoms with E-state index < -0.39 is 12.1 Å². The molecule has 4 heteroatoms. The molecule has 0 aromatic heterocycles. The van der Waals surface area contributed by atoms with Gasteiger partial charge in [-0.05, 0) is 48.9 Å². The van der Waals surface area contributed by atoms with E-state index in [1.165, 1.54) is 18.2 Å². The van der Waals surface area contributed by atoms with Gasteiger partial charge in [0.1, 0.15) is 0 Å². The second-order valence-electron chi connectivity index (χ2n) is 6.48. The minimum Gasteiger partial charge on any atom is -0.467 e. The largest absolute Gasteiger partial charge is 0.467 e. The number of methoxy groups -OCH3 is 1. The van der Waals surface area contributed by atoms with Crippen LogP contribution in [0, 0.1) is 5.92 Å². The van der Waals surface area contributed by atoms with Gasteiger partial charge in [-0.1, -0.05) is 38.1 Å². The molecular weight excluding hydrogens is 278 g/mol. The Kier molecular flexibility index (Phi) is 5.98. The van der Waals surface area contributed by atoms with Crippen LogP contribution in [-0.4, -0.2) is 42.3 Å². The lowest BCUT2D eigenvalue weighted by atomic mass is 9.91. The van der Waals surface area contributed by atoms with E-state index in [-0.39, 0.29) is 5.92 Å². The molecule has 1 aliphatic rings. The van der Waals surface area contributed by atoms with Crippen molar-refractivity contribution in [2.45, 2.75) is 45.3 Å². The Morgan fingerprint density at radius 3 is 2.36 bits per heavy atom. The van der Waals surface area contributed by atoms with Gasteiger partial charge in [0.25, 0.3) is 0 Å². The van der Waals surface area contributed by atoms with E-state index in [1.54, 1.807) is 0 Å². The quantitative estimate of drug-likeness (QED) is 0.849. The molecule has 22 heavy (non-hydrogen) atoms. The van der Waals surface area contributed by atoms with Crippen molar-refractivity contribution in [1.82, 2.24) is 4.90 Å². The van der Waals surface area contributed by atoms with Gasteiger partial charge in [-0.15, -0.1) is 0 Å². The zero-order valence-electron chi connectivity index (χ0n) is 13.8. The molecule has 0 radical (unpaired) electrons. The molecule has 0 aliphatic carbocycles. The number of esters is 1. The van der Waals surface area contributed by atoms with Crippen molar-refractivity contribution in [3.8, 4) is 0 Å². The van der Waals surface area contributed by atoms with Crippen LogP contribution in [0.25, 0.3) is 0 Å². The highest BCUT2D eigenvalue weighted by Gasteiger charge is 2.30. The van der Waals surface area contributed by atoms with Crippen LogP contribution in [-0.2, 0) is 16.1 Å². The molecule has 1 unspecified atom stereocenters. The minimum atomic E-state index is -0.975. The number of nitrogens with zero attached hydrogens (tertiary/aromatic N) is 1. The fourth-order valence-corrected chi connectivity index (χ4v) is 3.01. The number of likely N-dealkylation sites (tertiary alicyclic amines) is 1. The number of hydrogen-bond acceptors (Lipinski definition) is 4. The highest BCUT2D eigenvalue weighted by Crippen LogP contribution is 2.23. The molecule has 1 atom stereocenters. The first-order valence-electron chi connectivity index (χ1n) is 8.08. The Morgan fingerprint density at radius 1 is 1.27 bits per heavy atom. The summed E-state index contributed by atoms with van der Waals surface area (Å²) >= 11 is 0. The van der Waals surface area contributed by atoms with Crippen LogP contribution in [0.15, 0.2) is 24.3 Å². The maximum atomic E-state index is 11.4. The first kappa shape index (κ1) is 17.0. The average Bonchev–Trinajstić information content (AvgIpc) is 2.54. The second kappa shape index (κ2) is 7.75. The van der Waals surface area contributed by atoms with Gasteiger partial charge in [-0.25, -0.2) is 4.79 Å². The Hall–Kier alpha value is -1.39. The van der Waals surface area contributed by atoms with Crippen molar-refractivity contribution in [2.24, 2.45) is 5.92 Å². The lowest BCUT2D eigenvalue weighted by molar-refractivity contribution is -0.154. The molecule has 0 saturated carbocycles. The van der Waals surface area contributed by atoms with Crippen LogP contribution >= 0.6 is 0 Å². The lowest BCUT2D eigenvalue weighted by Gasteiger charge is -2.33. The summed E-state index contributed by atoms with van der Waals surface area (Å²) in [6, 6.07) is 8.80.